The summed E-state index contributed by atoms with van der Waals surface area (Å²) in [6, 6.07) is 10.7. The van der Waals surface area contributed by atoms with Crippen molar-refractivity contribution in [2.24, 2.45) is 0 Å². The molecule has 0 spiro atoms. The van der Waals surface area contributed by atoms with Crippen LogP contribution < -0.4 is 4.90 Å². The number of carbonyl (C=O) groups excluding carboxylic acids is 1. The second-order valence-electron chi connectivity index (χ2n) is 7.26. The van der Waals surface area contributed by atoms with Gasteiger partial charge in [-0.25, -0.2) is 4.79 Å². The molecule has 0 aromatic heterocycles. The van der Waals surface area contributed by atoms with Crippen molar-refractivity contribution < 1.29 is 26.7 Å². The lowest BCUT2D eigenvalue weighted by molar-refractivity contribution is -0.137. The summed E-state index contributed by atoms with van der Waals surface area (Å²) in [4.78, 5) is 15.4. The number of amides is 2. The van der Waals surface area contributed by atoms with Gasteiger partial charge < -0.3 is 9.45 Å². The van der Waals surface area contributed by atoms with Crippen LogP contribution in [-0.4, -0.2) is 26.7 Å². The first kappa shape index (κ1) is 24.0. The predicted molar refractivity (Wildman–Crippen MR) is 112 cm³/mol. The zero-order valence-corrected chi connectivity index (χ0v) is 18.2. The molecule has 1 unspecified atom stereocenters. The summed E-state index contributed by atoms with van der Waals surface area (Å²) in [6.07, 6.45) is -4.62. The Labute approximate surface area is 190 Å². The highest BCUT2D eigenvalue weighted by Crippen LogP contribution is 2.40. The Hall–Kier alpha value is -3.67. The minimum absolute atomic E-state index is 0.0529. The maximum absolute atomic E-state index is 13.3. The van der Waals surface area contributed by atoms with Gasteiger partial charge in [0, 0.05) is 18.5 Å². The fourth-order valence-corrected chi connectivity index (χ4v) is 4.25. The molecule has 2 atom stereocenters. The average Bonchev–Trinajstić information content (AvgIpc) is 2.75. The van der Waals surface area contributed by atoms with E-state index in [1.165, 1.54) is 44.3 Å². The third-order valence-corrected chi connectivity index (χ3v) is 5.82. The quantitative estimate of drug-likeness (QED) is 0.613. The smallest absolute Gasteiger partial charge is 0.416 e. The number of alkyl halides is 3. The molecule has 0 bridgehead atoms. The zero-order valence-electron chi connectivity index (χ0n) is 17.4. The largest absolute Gasteiger partial charge is 0.772 e. The van der Waals surface area contributed by atoms with Gasteiger partial charge in [-0.2, -0.15) is 23.7 Å². The molecule has 2 aromatic carbocycles. The Morgan fingerprint density at radius 1 is 1.15 bits per heavy atom. The molecular formula is C22H16F3N4O3S-. The standard InChI is InChI=1S/C22H17F3N4O3S/c1-13-19(11-27)20(18-7-6-14(10-26)8-15(18)12-33(31)32)28(2)21(30)29(13)17-5-3-4-16(9-17)22(23,24)25/h3-9,20H,12H2,1-2H3,(H,31,32)/p-1/t20-/m0/s1. The van der Waals surface area contributed by atoms with Crippen LogP contribution in [0, 0.1) is 22.7 Å². The number of urea groups is 1. The zero-order chi connectivity index (χ0) is 24.5. The molecule has 1 aliphatic rings. The van der Waals surface area contributed by atoms with Crippen LogP contribution in [-0.2, 0) is 23.0 Å². The van der Waals surface area contributed by atoms with Crippen molar-refractivity contribution in [3.05, 3.63) is 76.0 Å². The lowest BCUT2D eigenvalue weighted by Crippen LogP contribution is -2.47. The van der Waals surface area contributed by atoms with E-state index < -0.39 is 40.6 Å². The maximum atomic E-state index is 13.3. The lowest BCUT2D eigenvalue weighted by atomic mass is 9.90. The summed E-state index contributed by atoms with van der Waals surface area (Å²) < 4.78 is 62.3. The van der Waals surface area contributed by atoms with Crippen LogP contribution >= 0.6 is 0 Å². The number of hydrogen-bond acceptors (Lipinski definition) is 5. The van der Waals surface area contributed by atoms with Gasteiger partial charge in [-0.3, -0.25) is 9.11 Å². The second-order valence-corrected chi connectivity index (χ2v) is 8.16. The fraction of sp³-hybridized carbons (Fsp3) is 0.227. The number of benzene rings is 2. The topological polar surface area (TPSA) is 111 Å². The molecule has 11 heteroatoms. The van der Waals surface area contributed by atoms with Crippen LogP contribution in [0.25, 0.3) is 0 Å². The molecule has 0 radical (unpaired) electrons. The molecule has 7 nitrogen and oxygen atoms in total. The van der Waals surface area contributed by atoms with Gasteiger partial charge in [0.25, 0.3) is 0 Å². The molecule has 0 saturated carbocycles. The highest BCUT2D eigenvalue weighted by atomic mass is 32.2. The van der Waals surface area contributed by atoms with Crippen molar-refractivity contribution in [2.45, 2.75) is 24.9 Å². The Morgan fingerprint density at radius 2 is 1.85 bits per heavy atom. The Balaban J connectivity index is 2.19. The van der Waals surface area contributed by atoms with Crippen molar-refractivity contribution >= 4 is 22.8 Å². The van der Waals surface area contributed by atoms with Crippen molar-refractivity contribution in [3.8, 4) is 12.1 Å². The average molecular weight is 473 g/mol. The molecule has 0 aliphatic carbocycles. The monoisotopic (exact) mass is 473 g/mol. The van der Waals surface area contributed by atoms with Crippen molar-refractivity contribution in [3.63, 3.8) is 0 Å². The molecule has 1 heterocycles. The molecular weight excluding hydrogens is 457 g/mol. The summed E-state index contributed by atoms with van der Waals surface area (Å²) in [5, 5.41) is 19.0. The molecule has 2 aromatic rings. The highest BCUT2D eigenvalue weighted by Gasteiger charge is 2.39. The number of halogens is 3. The van der Waals surface area contributed by atoms with Gasteiger partial charge in [0.05, 0.1) is 40.6 Å². The summed E-state index contributed by atoms with van der Waals surface area (Å²) in [7, 11) is 1.37. The normalized spacial score (nSPS) is 17.6. The van der Waals surface area contributed by atoms with Crippen LogP contribution in [0.15, 0.2) is 53.7 Å². The number of allylic oxidation sites excluding steroid dienone is 1. The predicted octanol–water partition coefficient (Wildman–Crippen LogP) is 4.37. The van der Waals surface area contributed by atoms with Crippen LogP contribution in [0.5, 0.6) is 0 Å². The van der Waals surface area contributed by atoms with Crippen LogP contribution in [0.2, 0.25) is 0 Å². The van der Waals surface area contributed by atoms with E-state index in [-0.39, 0.29) is 28.1 Å². The number of rotatable bonds is 4. The number of likely N-dealkylation sites (N-methyl/N-ethyl adjacent to an activating group) is 1. The SMILES string of the molecule is CC1=C(C#N)[C@H](c2ccc(C#N)cc2CS(=O)[O-])N(C)C(=O)N1c1cccc(C(F)(F)F)c1. The third kappa shape index (κ3) is 4.60. The van der Waals surface area contributed by atoms with Crippen molar-refractivity contribution in [2.75, 3.05) is 11.9 Å². The van der Waals surface area contributed by atoms with E-state index in [0.29, 0.717) is 5.56 Å². The van der Waals surface area contributed by atoms with E-state index in [1.807, 2.05) is 12.1 Å². The van der Waals surface area contributed by atoms with E-state index in [0.717, 1.165) is 21.9 Å². The van der Waals surface area contributed by atoms with Gasteiger partial charge in [0.2, 0.25) is 0 Å². The number of nitriles is 2. The molecule has 0 N–H and O–H groups in total. The first-order valence-electron chi connectivity index (χ1n) is 9.43. The Bertz CT molecular complexity index is 1260. The summed E-state index contributed by atoms with van der Waals surface area (Å²) >= 11 is -2.51. The number of anilines is 1. The fourth-order valence-electron chi connectivity index (χ4n) is 3.75. The molecule has 170 valence electrons. The highest BCUT2D eigenvalue weighted by molar-refractivity contribution is 7.78. The van der Waals surface area contributed by atoms with E-state index in [9.17, 15) is 32.0 Å². The minimum Gasteiger partial charge on any atom is -0.772 e. The van der Waals surface area contributed by atoms with Crippen LogP contribution in [0.4, 0.5) is 23.7 Å². The van der Waals surface area contributed by atoms with Crippen molar-refractivity contribution in [1.29, 1.82) is 10.5 Å². The molecule has 2 amide bonds. The summed E-state index contributed by atoms with van der Waals surface area (Å²) in [5.41, 5.74) is -0.0783. The number of carbonyl (C=O) groups is 1. The van der Waals surface area contributed by atoms with E-state index in [2.05, 4.69) is 0 Å². The van der Waals surface area contributed by atoms with Crippen molar-refractivity contribution in [1.82, 2.24) is 4.90 Å². The third-order valence-electron chi connectivity index (χ3n) is 5.27. The van der Waals surface area contributed by atoms with Crippen LogP contribution in [0.1, 0.15) is 35.2 Å². The van der Waals surface area contributed by atoms with Gasteiger partial charge in [-0.15, -0.1) is 0 Å². The van der Waals surface area contributed by atoms with Gasteiger partial charge in [0.1, 0.15) is 0 Å². The first-order valence-corrected chi connectivity index (χ1v) is 10.7. The number of nitrogens with zero attached hydrogens (tertiary/aromatic N) is 4. The Morgan fingerprint density at radius 3 is 2.42 bits per heavy atom. The molecule has 0 saturated heterocycles. The van der Waals surface area contributed by atoms with Gasteiger partial charge in [0.15, 0.2) is 0 Å². The Kier molecular flexibility index (Phi) is 6.58. The van der Waals surface area contributed by atoms with Crippen LogP contribution in [0.3, 0.4) is 0 Å². The van der Waals surface area contributed by atoms with E-state index in [1.54, 1.807) is 0 Å². The number of hydrogen-bond donors (Lipinski definition) is 0. The molecule has 0 fully saturated rings. The second kappa shape index (κ2) is 9.06. The summed E-state index contributed by atoms with van der Waals surface area (Å²) in [5.74, 6) is -0.446. The van der Waals surface area contributed by atoms with E-state index in [4.69, 9.17) is 5.26 Å². The maximum Gasteiger partial charge on any atom is 0.416 e. The summed E-state index contributed by atoms with van der Waals surface area (Å²) in [6.45, 7) is 1.44. The first-order chi connectivity index (χ1) is 15.5. The minimum atomic E-state index is -4.62. The van der Waals surface area contributed by atoms with E-state index >= 15 is 0 Å². The molecule has 1 aliphatic heterocycles. The lowest BCUT2D eigenvalue weighted by Gasteiger charge is -2.40. The van der Waals surface area contributed by atoms with Gasteiger partial charge in [-0.1, -0.05) is 23.2 Å². The molecule has 3 rings (SSSR count). The van der Waals surface area contributed by atoms with Gasteiger partial charge >= 0.3 is 12.2 Å². The van der Waals surface area contributed by atoms with Gasteiger partial charge in [-0.05, 0) is 48.4 Å². The molecule has 33 heavy (non-hydrogen) atoms.